The van der Waals surface area contributed by atoms with Crippen LogP contribution in [0, 0.1) is 5.82 Å². The van der Waals surface area contributed by atoms with Gasteiger partial charge >= 0.3 is 0 Å². The Balaban J connectivity index is 2.12. The summed E-state index contributed by atoms with van der Waals surface area (Å²) >= 11 is 0. The molecule has 0 radical (unpaired) electrons. The fraction of sp³-hybridized carbons (Fsp3) is 0.588. The van der Waals surface area contributed by atoms with Crippen molar-refractivity contribution in [2.24, 2.45) is 0 Å². The van der Waals surface area contributed by atoms with Crippen molar-refractivity contribution in [2.75, 3.05) is 33.9 Å². The van der Waals surface area contributed by atoms with Crippen LogP contribution in [0.3, 0.4) is 0 Å². The second kappa shape index (κ2) is 7.27. The van der Waals surface area contributed by atoms with Crippen LogP contribution in [-0.2, 0) is 20.7 Å². The number of nitrogens with zero attached hydrogens (tertiary/aromatic N) is 1. The van der Waals surface area contributed by atoms with E-state index >= 15 is 0 Å². The first kappa shape index (κ1) is 17.7. The van der Waals surface area contributed by atoms with Crippen LogP contribution in [-0.4, -0.2) is 56.4 Å². The second-order valence-corrected chi connectivity index (χ2v) is 6.36. The van der Waals surface area contributed by atoms with Crippen molar-refractivity contribution in [1.82, 2.24) is 4.90 Å². The molecule has 1 fully saturated rings. The van der Waals surface area contributed by atoms with Gasteiger partial charge in [0.1, 0.15) is 11.6 Å². The van der Waals surface area contributed by atoms with E-state index in [4.69, 9.17) is 14.2 Å². The first-order valence-corrected chi connectivity index (χ1v) is 7.61. The normalized spacial score (nSPS) is 20.4. The molecule has 2 rings (SSSR count). The molecule has 1 aliphatic rings. The number of amides is 1. The summed E-state index contributed by atoms with van der Waals surface area (Å²) in [5.41, 5.74) is 0.105. The van der Waals surface area contributed by atoms with Crippen molar-refractivity contribution in [3.05, 3.63) is 29.6 Å². The highest BCUT2D eigenvalue weighted by Gasteiger charge is 2.35. The first-order chi connectivity index (χ1) is 10.8. The van der Waals surface area contributed by atoms with Gasteiger partial charge in [-0.25, -0.2) is 4.39 Å². The van der Waals surface area contributed by atoms with Gasteiger partial charge in [-0.15, -0.1) is 0 Å². The van der Waals surface area contributed by atoms with E-state index in [9.17, 15) is 9.18 Å². The Morgan fingerprint density at radius 1 is 1.43 bits per heavy atom. The molecule has 0 spiro atoms. The summed E-state index contributed by atoms with van der Waals surface area (Å²) in [5, 5.41) is 0. The van der Waals surface area contributed by atoms with Gasteiger partial charge in [-0.3, -0.25) is 4.79 Å². The Hall–Kier alpha value is -1.66. The molecule has 0 bridgehead atoms. The zero-order valence-electron chi connectivity index (χ0n) is 14.1. The van der Waals surface area contributed by atoms with Gasteiger partial charge in [0.25, 0.3) is 0 Å². The number of methoxy groups -OCH3 is 2. The second-order valence-electron chi connectivity index (χ2n) is 6.36. The third-order valence-corrected chi connectivity index (χ3v) is 3.77. The summed E-state index contributed by atoms with van der Waals surface area (Å²) in [6.45, 7) is 5.27. The molecule has 1 aromatic rings. The highest BCUT2D eigenvalue weighted by molar-refractivity contribution is 5.79. The molecule has 1 aliphatic heterocycles. The van der Waals surface area contributed by atoms with Gasteiger partial charge in [-0.2, -0.15) is 0 Å². The quantitative estimate of drug-likeness (QED) is 0.831. The van der Waals surface area contributed by atoms with Gasteiger partial charge < -0.3 is 19.1 Å². The number of carbonyl (C=O) groups is 1. The monoisotopic (exact) mass is 325 g/mol. The van der Waals surface area contributed by atoms with Gasteiger partial charge in [-0.1, -0.05) is 0 Å². The lowest BCUT2D eigenvalue weighted by atomic mass is 10.0. The highest BCUT2D eigenvalue weighted by atomic mass is 19.1. The molecule has 1 amide bonds. The molecule has 0 N–H and O–H groups in total. The lowest BCUT2D eigenvalue weighted by molar-refractivity contribution is -0.168. The van der Waals surface area contributed by atoms with Crippen molar-refractivity contribution in [3.8, 4) is 5.75 Å². The minimum absolute atomic E-state index is 0.0774. The molecule has 6 heteroatoms. The molecule has 1 saturated heterocycles. The van der Waals surface area contributed by atoms with E-state index in [0.717, 1.165) is 0 Å². The number of carbonyl (C=O) groups excluding carboxylic acids is 1. The standard InChI is InChI=1S/C17H24FNO4/c1-17(2)11-19(9-14(23-17)10-21-3)16(20)8-12-7-13(18)5-6-15(12)22-4/h5-7,14H,8-11H2,1-4H3. The number of ether oxygens (including phenoxy) is 3. The third kappa shape index (κ3) is 4.65. The molecule has 5 nitrogen and oxygen atoms in total. The molecule has 0 saturated carbocycles. The smallest absolute Gasteiger partial charge is 0.227 e. The lowest BCUT2D eigenvalue weighted by Gasteiger charge is -2.42. The summed E-state index contributed by atoms with van der Waals surface area (Å²) in [6.07, 6.45) is -0.0708. The average molecular weight is 325 g/mol. The Kier molecular flexibility index (Phi) is 5.59. The van der Waals surface area contributed by atoms with Crippen molar-refractivity contribution in [3.63, 3.8) is 0 Å². The minimum atomic E-state index is -0.441. The summed E-state index contributed by atoms with van der Waals surface area (Å²) < 4.78 is 29.7. The Bertz CT molecular complexity index is 562. The number of hydrogen-bond donors (Lipinski definition) is 0. The van der Waals surface area contributed by atoms with Crippen LogP contribution < -0.4 is 4.74 Å². The van der Waals surface area contributed by atoms with Crippen LogP contribution in [0.25, 0.3) is 0 Å². The summed E-state index contributed by atoms with van der Waals surface area (Å²) in [6, 6.07) is 4.20. The minimum Gasteiger partial charge on any atom is -0.496 e. The molecular weight excluding hydrogens is 301 g/mol. The Morgan fingerprint density at radius 3 is 2.83 bits per heavy atom. The van der Waals surface area contributed by atoms with E-state index in [1.54, 1.807) is 12.0 Å². The molecule has 0 aliphatic carbocycles. The van der Waals surface area contributed by atoms with Crippen LogP contribution in [0.5, 0.6) is 5.75 Å². The van der Waals surface area contributed by atoms with Gasteiger partial charge in [-0.05, 0) is 32.0 Å². The van der Waals surface area contributed by atoms with Crippen LogP contribution in [0.2, 0.25) is 0 Å². The van der Waals surface area contributed by atoms with Crippen molar-refractivity contribution >= 4 is 5.91 Å². The number of rotatable bonds is 5. The molecule has 1 heterocycles. The SMILES string of the molecule is COCC1CN(C(=O)Cc2cc(F)ccc2OC)CC(C)(C)O1. The predicted molar refractivity (Wildman–Crippen MR) is 84.1 cm³/mol. The zero-order chi connectivity index (χ0) is 17.0. The molecule has 1 aromatic carbocycles. The van der Waals surface area contributed by atoms with E-state index in [1.807, 2.05) is 13.8 Å². The average Bonchev–Trinajstić information content (AvgIpc) is 2.46. The number of benzene rings is 1. The molecule has 0 aromatic heterocycles. The molecular formula is C17H24FNO4. The van der Waals surface area contributed by atoms with Crippen molar-refractivity contribution < 1.29 is 23.4 Å². The maximum atomic E-state index is 13.4. The fourth-order valence-electron chi connectivity index (χ4n) is 2.92. The predicted octanol–water partition coefficient (Wildman–Crippen LogP) is 2.03. The zero-order valence-corrected chi connectivity index (χ0v) is 14.1. The molecule has 23 heavy (non-hydrogen) atoms. The molecule has 1 atom stereocenters. The van der Waals surface area contributed by atoms with Crippen LogP contribution in [0.15, 0.2) is 18.2 Å². The summed E-state index contributed by atoms with van der Waals surface area (Å²) in [4.78, 5) is 14.4. The summed E-state index contributed by atoms with van der Waals surface area (Å²) in [7, 11) is 3.11. The van der Waals surface area contributed by atoms with Gasteiger partial charge in [0.15, 0.2) is 0 Å². The van der Waals surface area contributed by atoms with E-state index < -0.39 is 5.60 Å². The third-order valence-electron chi connectivity index (χ3n) is 3.77. The fourth-order valence-corrected chi connectivity index (χ4v) is 2.92. The van der Waals surface area contributed by atoms with Crippen LogP contribution >= 0.6 is 0 Å². The number of morpholine rings is 1. The van der Waals surface area contributed by atoms with Crippen LogP contribution in [0.1, 0.15) is 19.4 Å². The van der Waals surface area contributed by atoms with E-state index in [2.05, 4.69) is 0 Å². The largest absolute Gasteiger partial charge is 0.496 e. The van der Waals surface area contributed by atoms with Crippen LogP contribution in [0.4, 0.5) is 4.39 Å². The van der Waals surface area contributed by atoms with Gasteiger partial charge in [0.05, 0.1) is 31.8 Å². The molecule has 1 unspecified atom stereocenters. The van der Waals surface area contributed by atoms with E-state index in [0.29, 0.717) is 31.0 Å². The topological polar surface area (TPSA) is 48.0 Å². The maximum Gasteiger partial charge on any atom is 0.227 e. The van der Waals surface area contributed by atoms with E-state index in [1.165, 1.54) is 25.3 Å². The Labute approximate surface area is 136 Å². The lowest BCUT2D eigenvalue weighted by Crippen LogP contribution is -2.56. The van der Waals surface area contributed by atoms with E-state index in [-0.39, 0.29) is 24.2 Å². The van der Waals surface area contributed by atoms with Gasteiger partial charge in [0, 0.05) is 25.8 Å². The first-order valence-electron chi connectivity index (χ1n) is 7.61. The van der Waals surface area contributed by atoms with Crippen molar-refractivity contribution in [2.45, 2.75) is 32.0 Å². The van der Waals surface area contributed by atoms with Gasteiger partial charge in [0.2, 0.25) is 5.91 Å². The highest BCUT2D eigenvalue weighted by Crippen LogP contribution is 2.24. The van der Waals surface area contributed by atoms with Crippen molar-refractivity contribution in [1.29, 1.82) is 0 Å². The summed E-state index contributed by atoms with van der Waals surface area (Å²) in [5.74, 6) is 0.0558. The number of hydrogen-bond acceptors (Lipinski definition) is 4. The number of halogens is 1. The Morgan fingerprint density at radius 2 is 2.17 bits per heavy atom. The maximum absolute atomic E-state index is 13.4. The molecule has 128 valence electrons.